The Bertz CT molecular complexity index is 596. The number of rotatable bonds is 1. The number of halogens is 1. The van der Waals surface area contributed by atoms with Crippen molar-refractivity contribution in [3.63, 3.8) is 0 Å². The number of fused-ring (bicyclic) bond motifs is 1. The summed E-state index contributed by atoms with van der Waals surface area (Å²) in [7, 11) is 0. The number of carboxylic acid groups (broad SMARTS) is 1. The highest BCUT2D eigenvalue weighted by atomic mass is 127. The van der Waals surface area contributed by atoms with Crippen molar-refractivity contribution in [3.8, 4) is 0 Å². The SMILES string of the molecule is O=C(O)C1=CC2=C(I)OC3=C(CCC=C3)SC2C=C1. The van der Waals surface area contributed by atoms with Crippen LogP contribution in [-0.4, -0.2) is 16.3 Å². The van der Waals surface area contributed by atoms with Gasteiger partial charge in [0.25, 0.3) is 0 Å². The second-order valence-corrected chi connectivity index (χ2v) is 6.58. The molecule has 0 saturated carbocycles. The lowest BCUT2D eigenvalue weighted by molar-refractivity contribution is -0.132. The Balaban J connectivity index is 2.00. The average molecular weight is 386 g/mol. The fourth-order valence-electron chi connectivity index (χ4n) is 2.13. The van der Waals surface area contributed by atoms with E-state index >= 15 is 0 Å². The molecule has 0 amide bonds. The quantitative estimate of drug-likeness (QED) is 0.695. The lowest BCUT2D eigenvalue weighted by Crippen LogP contribution is -2.10. The van der Waals surface area contributed by atoms with Gasteiger partial charge in [0.2, 0.25) is 0 Å². The summed E-state index contributed by atoms with van der Waals surface area (Å²) in [4.78, 5) is 12.3. The summed E-state index contributed by atoms with van der Waals surface area (Å²) in [5.74, 6) is -0.000472. The van der Waals surface area contributed by atoms with Crippen molar-refractivity contribution in [1.82, 2.24) is 0 Å². The van der Waals surface area contributed by atoms with E-state index in [1.807, 2.05) is 12.2 Å². The average Bonchev–Trinajstić information content (AvgIpc) is 2.54. The summed E-state index contributed by atoms with van der Waals surface area (Å²) in [5, 5.41) is 9.22. The van der Waals surface area contributed by atoms with Gasteiger partial charge >= 0.3 is 5.97 Å². The van der Waals surface area contributed by atoms with Gasteiger partial charge in [0.15, 0.2) is 3.77 Å². The standard InChI is InChI=1S/C14H11IO3S/c15-13-9-7-8(14(16)17)5-6-11(9)19-12-4-2-1-3-10(12)18-13/h1,3,5-7,11H,2,4H2,(H,16,17). The van der Waals surface area contributed by atoms with Crippen LogP contribution >= 0.6 is 34.4 Å². The normalized spacial score (nSPS) is 25.3. The molecule has 0 fully saturated rings. The highest BCUT2D eigenvalue weighted by Crippen LogP contribution is 2.44. The molecule has 1 atom stereocenters. The van der Waals surface area contributed by atoms with Crippen molar-refractivity contribution in [2.45, 2.75) is 18.1 Å². The highest BCUT2D eigenvalue weighted by Gasteiger charge is 2.27. The Morgan fingerprint density at radius 1 is 1.47 bits per heavy atom. The molecule has 1 aliphatic heterocycles. The molecular weight excluding hydrogens is 375 g/mol. The van der Waals surface area contributed by atoms with E-state index in [-0.39, 0.29) is 5.25 Å². The van der Waals surface area contributed by atoms with Gasteiger partial charge in [-0.25, -0.2) is 4.79 Å². The van der Waals surface area contributed by atoms with E-state index in [1.54, 1.807) is 23.9 Å². The Kier molecular flexibility index (Phi) is 3.58. The summed E-state index contributed by atoms with van der Waals surface area (Å²) in [6.07, 6.45) is 11.5. The van der Waals surface area contributed by atoms with Crippen molar-refractivity contribution >= 4 is 40.3 Å². The maximum absolute atomic E-state index is 11.1. The second kappa shape index (κ2) is 5.20. The molecule has 3 nitrogen and oxygen atoms in total. The van der Waals surface area contributed by atoms with Crippen molar-refractivity contribution in [1.29, 1.82) is 0 Å². The van der Waals surface area contributed by atoms with Gasteiger partial charge in [-0.05, 0) is 47.6 Å². The smallest absolute Gasteiger partial charge is 0.335 e. The summed E-state index contributed by atoms with van der Waals surface area (Å²) in [6.45, 7) is 0. The number of carbonyl (C=O) groups is 1. The van der Waals surface area contributed by atoms with E-state index in [2.05, 4.69) is 28.7 Å². The molecule has 0 aromatic rings. The lowest BCUT2D eigenvalue weighted by Gasteiger charge is -2.17. The minimum atomic E-state index is -0.904. The van der Waals surface area contributed by atoms with E-state index in [9.17, 15) is 4.79 Å². The third-order valence-electron chi connectivity index (χ3n) is 3.09. The summed E-state index contributed by atoms with van der Waals surface area (Å²) < 4.78 is 6.64. The van der Waals surface area contributed by atoms with Crippen LogP contribution in [0.25, 0.3) is 0 Å². The van der Waals surface area contributed by atoms with Gasteiger partial charge in [-0.1, -0.05) is 18.2 Å². The number of hydrogen-bond acceptors (Lipinski definition) is 3. The van der Waals surface area contributed by atoms with E-state index in [4.69, 9.17) is 9.84 Å². The maximum atomic E-state index is 11.1. The minimum Gasteiger partial charge on any atom is -0.478 e. The number of carboxylic acids is 1. The zero-order valence-corrected chi connectivity index (χ0v) is 12.9. The van der Waals surface area contributed by atoms with Gasteiger partial charge in [-0.2, -0.15) is 0 Å². The molecule has 0 saturated heterocycles. The van der Waals surface area contributed by atoms with Crippen LogP contribution in [0.15, 0.2) is 56.0 Å². The molecule has 2 aliphatic carbocycles. The van der Waals surface area contributed by atoms with Gasteiger partial charge in [-0.3, -0.25) is 0 Å². The zero-order valence-electron chi connectivity index (χ0n) is 9.93. The Morgan fingerprint density at radius 3 is 3.11 bits per heavy atom. The van der Waals surface area contributed by atoms with Crippen LogP contribution in [0.4, 0.5) is 0 Å². The Morgan fingerprint density at radius 2 is 2.32 bits per heavy atom. The molecule has 0 bridgehead atoms. The first-order chi connectivity index (χ1) is 9.15. The second-order valence-electron chi connectivity index (χ2n) is 4.36. The number of hydrogen-bond donors (Lipinski definition) is 1. The molecule has 5 heteroatoms. The van der Waals surface area contributed by atoms with Crippen molar-refractivity contribution in [2.75, 3.05) is 0 Å². The van der Waals surface area contributed by atoms with Crippen LogP contribution in [-0.2, 0) is 9.53 Å². The summed E-state index contributed by atoms with van der Waals surface area (Å²) in [5.41, 5.74) is 1.24. The number of aliphatic carboxylic acids is 1. The van der Waals surface area contributed by atoms with Crippen molar-refractivity contribution < 1.29 is 14.6 Å². The number of ether oxygens (including phenoxy) is 1. The molecule has 19 heavy (non-hydrogen) atoms. The van der Waals surface area contributed by atoms with E-state index < -0.39 is 5.97 Å². The molecule has 0 aromatic carbocycles. The molecule has 0 radical (unpaired) electrons. The topological polar surface area (TPSA) is 46.5 Å². The predicted molar refractivity (Wildman–Crippen MR) is 83.8 cm³/mol. The zero-order chi connectivity index (χ0) is 13.4. The van der Waals surface area contributed by atoms with Crippen molar-refractivity contribution in [3.05, 3.63) is 56.0 Å². The molecule has 1 unspecified atom stereocenters. The van der Waals surface area contributed by atoms with Crippen LogP contribution in [0.2, 0.25) is 0 Å². The lowest BCUT2D eigenvalue weighted by atomic mass is 10.0. The predicted octanol–water partition coefficient (Wildman–Crippen LogP) is 3.91. The summed E-state index contributed by atoms with van der Waals surface area (Å²) >= 11 is 3.90. The highest BCUT2D eigenvalue weighted by molar-refractivity contribution is 14.1. The first-order valence-corrected chi connectivity index (χ1v) is 7.88. The number of allylic oxidation sites excluding steroid dienone is 4. The molecule has 98 valence electrons. The minimum absolute atomic E-state index is 0.147. The van der Waals surface area contributed by atoms with Crippen molar-refractivity contribution in [2.24, 2.45) is 0 Å². The molecular formula is C14H11IO3S. The molecule has 0 aromatic heterocycles. The van der Waals surface area contributed by atoms with Gasteiger partial charge in [-0.15, -0.1) is 11.8 Å². The fraction of sp³-hybridized carbons (Fsp3) is 0.214. The first kappa shape index (κ1) is 13.1. The molecule has 0 spiro atoms. The van der Waals surface area contributed by atoms with Crippen LogP contribution < -0.4 is 0 Å². The van der Waals surface area contributed by atoms with E-state index in [1.165, 1.54) is 4.91 Å². The third-order valence-corrected chi connectivity index (χ3v) is 5.29. The fourth-order valence-corrected chi connectivity index (χ4v) is 4.30. The van der Waals surface area contributed by atoms with Gasteiger partial charge in [0.05, 0.1) is 10.8 Å². The Labute approximate surface area is 128 Å². The Hall–Kier alpha value is -0.950. The van der Waals surface area contributed by atoms with Crippen LogP contribution in [0.5, 0.6) is 0 Å². The van der Waals surface area contributed by atoms with Crippen LogP contribution in [0.1, 0.15) is 12.8 Å². The number of thioether (sulfide) groups is 1. The monoisotopic (exact) mass is 386 g/mol. The van der Waals surface area contributed by atoms with Gasteiger partial charge in [0.1, 0.15) is 5.76 Å². The van der Waals surface area contributed by atoms with E-state index in [0.29, 0.717) is 5.57 Å². The first-order valence-electron chi connectivity index (χ1n) is 5.92. The van der Waals surface area contributed by atoms with Gasteiger partial charge in [0, 0.05) is 10.5 Å². The summed E-state index contributed by atoms with van der Waals surface area (Å²) in [6, 6.07) is 0. The third kappa shape index (κ3) is 2.53. The van der Waals surface area contributed by atoms with E-state index in [0.717, 1.165) is 27.9 Å². The molecule has 1 heterocycles. The van der Waals surface area contributed by atoms with Crippen LogP contribution in [0.3, 0.4) is 0 Å². The molecule has 3 rings (SSSR count). The largest absolute Gasteiger partial charge is 0.478 e. The van der Waals surface area contributed by atoms with Gasteiger partial charge < -0.3 is 9.84 Å². The van der Waals surface area contributed by atoms with Crippen LogP contribution in [0, 0.1) is 0 Å². The molecule has 3 aliphatic rings. The molecule has 1 N–H and O–H groups in total. The maximum Gasteiger partial charge on any atom is 0.335 e.